The highest BCUT2D eigenvalue weighted by atomic mass is 32.1. The Bertz CT molecular complexity index is 1080. The van der Waals surface area contributed by atoms with Gasteiger partial charge in [0.1, 0.15) is 11.2 Å². The number of aromatic nitrogens is 5. The normalized spacial score (nSPS) is 25.1. The molecule has 0 amide bonds. The summed E-state index contributed by atoms with van der Waals surface area (Å²) in [7, 11) is 0. The van der Waals surface area contributed by atoms with Gasteiger partial charge in [0, 0.05) is 30.1 Å². The van der Waals surface area contributed by atoms with Gasteiger partial charge in [-0.2, -0.15) is 5.10 Å². The maximum absolute atomic E-state index is 13.5. The Labute approximate surface area is 164 Å². The summed E-state index contributed by atoms with van der Waals surface area (Å²) in [6.07, 6.45) is 3.85. The molecule has 28 heavy (non-hydrogen) atoms. The van der Waals surface area contributed by atoms with E-state index in [2.05, 4.69) is 20.4 Å². The van der Waals surface area contributed by atoms with E-state index in [0.717, 1.165) is 23.5 Å². The third kappa shape index (κ3) is 2.96. The van der Waals surface area contributed by atoms with Crippen LogP contribution in [0.15, 0.2) is 16.4 Å². The SMILES string of the molecule is Cc1nc(C2CCC2c2nc3c(cnn3C3CCC(F)(F)CC3)c(=O)[nH]2)cs1. The summed E-state index contributed by atoms with van der Waals surface area (Å²) in [6, 6.07) is -0.141. The topological polar surface area (TPSA) is 76.5 Å². The Kier molecular flexibility index (Phi) is 4.12. The minimum atomic E-state index is -2.60. The van der Waals surface area contributed by atoms with Crippen LogP contribution >= 0.6 is 11.3 Å². The molecule has 6 nitrogen and oxygen atoms in total. The first-order valence-corrected chi connectivity index (χ1v) is 10.6. The quantitative estimate of drug-likeness (QED) is 0.705. The standard InChI is InChI=1S/C19H21F2N5OS/c1-10-23-15(9-28-10)12-2-3-13(12)16-24-17-14(18(27)25-16)8-22-26(17)11-4-6-19(20,21)7-5-11/h8-9,11-13H,2-7H2,1H3,(H,24,25,27). The van der Waals surface area contributed by atoms with Crippen LogP contribution in [0, 0.1) is 6.92 Å². The molecule has 0 spiro atoms. The van der Waals surface area contributed by atoms with Gasteiger partial charge in [0.05, 0.1) is 22.9 Å². The van der Waals surface area contributed by atoms with Crippen molar-refractivity contribution in [3.8, 4) is 0 Å². The van der Waals surface area contributed by atoms with Crippen LogP contribution in [0.25, 0.3) is 11.0 Å². The maximum Gasteiger partial charge on any atom is 0.262 e. The molecule has 2 aliphatic rings. The van der Waals surface area contributed by atoms with Crippen LogP contribution in [0.4, 0.5) is 8.78 Å². The molecule has 2 atom stereocenters. The molecule has 2 unspecified atom stereocenters. The molecule has 5 rings (SSSR count). The number of nitrogens with zero attached hydrogens (tertiary/aromatic N) is 4. The van der Waals surface area contributed by atoms with Crippen molar-refractivity contribution in [3.05, 3.63) is 38.5 Å². The number of nitrogens with one attached hydrogen (secondary N) is 1. The third-order valence-corrected chi connectivity index (χ3v) is 6.95. The predicted molar refractivity (Wildman–Crippen MR) is 102 cm³/mol. The van der Waals surface area contributed by atoms with E-state index in [4.69, 9.17) is 4.98 Å². The Morgan fingerprint density at radius 1 is 1.18 bits per heavy atom. The van der Waals surface area contributed by atoms with E-state index in [9.17, 15) is 13.6 Å². The van der Waals surface area contributed by atoms with Crippen molar-refractivity contribution in [2.75, 3.05) is 0 Å². The molecule has 0 saturated heterocycles. The number of aromatic amines is 1. The summed E-state index contributed by atoms with van der Waals surface area (Å²) in [5, 5.41) is 7.86. The largest absolute Gasteiger partial charge is 0.310 e. The van der Waals surface area contributed by atoms with Crippen molar-refractivity contribution in [1.82, 2.24) is 24.7 Å². The molecule has 3 aromatic rings. The molecule has 0 radical (unpaired) electrons. The van der Waals surface area contributed by atoms with E-state index in [1.54, 1.807) is 16.0 Å². The van der Waals surface area contributed by atoms with E-state index in [0.29, 0.717) is 29.7 Å². The summed E-state index contributed by atoms with van der Waals surface area (Å²) < 4.78 is 28.7. The minimum Gasteiger partial charge on any atom is -0.310 e. The number of thiazole rings is 1. The van der Waals surface area contributed by atoms with Crippen LogP contribution in [-0.2, 0) is 0 Å². The summed E-state index contributed by atoms with van der Waals surface area (Å²) in [6.45, 7) is 1.99. The van der Waals surface area contributed by atoms with Gasteiger partial charge < -0.3 is 4.98 Å². The average molecular weight is 405 g/mol. The van der Waals surface area contributed by atoms with E-state index in [1.807, 2.05) is 6.92 Å². The summed E-state index contributed by atoms with van der Waals surface area (Å²) in [5.74, 6) is -1.56. The van der Waals surface area contributed by atoms with Crippen LogP contribution in [0.5, 0.6) is 0 Å². The number of hydrogen-bond donors (Lipinski definition) is 1. The first-order chi connectivity index (χ1) is 13.4. The monoisotopic (exact) mass is 405 g/mol. The van der Waals surface area contributed by atoms with Gasteiger partial charge in [0.2, 0.25) is 5.92 Å². The minimum absolute atomic E-state index is 0.123. The predicted octanol–water partition coefficient (Wildman–Crippen LogP) is 4.30. The van der Waals surface area contributed by atoms with Crippen molar-refractivity contribution in [1.29, 1.82) is 0 Å². The smallest absolute Gasteiger partial charge is 0.262 e. The van der Waals surface area contributed by atoms with Gasteiger partial charge in [-0.1, -0.05) is 0 Å². The third-order valence-electron chi connectivity index (χ3n) is 6.16. The second kappa shape index (κ2) is 6.43. The van der Waals surface area contributed by atoms with E-state index in [1.165, 1.54) is 6.20 Å². The van der Waals surface area contributed by atoms with Crippen molar-refractivity contribution in [3.63, 3.8) is 0 Å². The lowest BCUT2D eigenvalue weighted by atomic mass is 9.71. The van der Waals surface area contributed by atoms with Gasteiger partial charge in [-0.3, -0.25) is 4.79 Å². The summed E-state index contributed by atoms with van der Waals surface area (Å²) in [4.78, 5) is 24.9. The van der Waals surface area contributed by atoms with Gasteiger partial charge in [-0.25, -0.2) is 23.4 Å². The molecule has 0 bridgehead atoms. The van der Waals surface area contributed by atoms with Crippen molar-refractivity contribution in [2.24, 2.45) is 0 Å². The maximum atomic E-state index is 13.5. The van der Waals surface area contributed by atoms with Gasteiger partial charge >= 0.3 is 0 Å². The van der Waals surface area contributed by atoms with Crippen molar-refractivity contribution >= 4 is 22.4 Å². The number of rotatable bonds is 3. The van der Waals surface area contributed by atoms with Crippen LogP contribution in [0.3, 0.4) is 0 Å². The van der Waals surface area contributed by atoms with E-state index in [-0.39, 0.29) is 36.3 Å². The molecule has 1 N–H and O–H groups in total. The molecular weight excluding hydrogens is 384 g/mol. The Balaban J connectivity index is 1.49. The highest BCUT2D eigenvalue weighted by Crippen LogP contribution is 2.48. The van der Waals surface area contributed by atoms with E-state index >= 15 is 0 Å². The zero-order valence-electron chi connectivity index (χ0n) is 15.5. The lowest BCUT2D eigenvalue weighted by Gasteiger charge is -2.34. The van der Waals surface area contributed by atoms with Crippen molar-refractivity contribution in [2.45, 2.75) is 69.2 Å². The van der Waals surface area contributed by atoms with Crippen molar-refractivity contribution < 1.29 is 8.78 Å². The second-order valence-electron chi connectivity index (χ2n) is 7.95. The first-order valence-electron chi connectivity index (χ1n) is 9.68. The molecule has 148 valence electrons. The molecule has 2 fully saturated rings. The van der Waals surface area contributed by atoms with Crippen LogP contribution < -0.4 is 5.56 Å². The molecular formula is C19H21F2N5OS. The number of alkyl halides is 2. The lowest BCUT2D eigenvalue weighted by molar-refractivity contribution is -0.0446. The molecule has 9 heteroatoms. The van der Waals surface area contributed by atoms with Gasteiger partial charge in [-0.15, -0.1) is 11.3 Å². The lowest BCUT2D eigenvalue weighted by Crippen LogP contribution is -2.28. The van der Waals surface area contributed by atoms with Gasteiger partial charge in [-0.05, 0) is 32.6 Å². The summed E-state index contributed by atoms with van der Waals surface area (Å²) >= 11 is 1.63. The number of H-pyrrole nitrogens is 1. The van der Waals surface area contributed by atoms with E-state index < -0.39 is 5.92 Å². The number of hydrogen-bond acceptors (Lipinski definition) is 5. The first kappa shape index (κ1) is 17.9. The fourth-order valence-corrected chi connectivity index (χ4v) is 5.07. The van der Waals surface area contributed by atoms with Crippen LogP contribution in [0.1, 0.15) is 72.9 Å². The molecule has 0 aliphatic heterocycles. The second-order valence-corrected chi connectivity index (χ2v) is 9.01. The molecule has 0 aromatic carbocycles. The summed E-state index contributed by atoms with van der Waals surface area (Å²) in [5.41, 5.74) is 1.35. The number of halogens is 2. The van der Waals surface area contributed by atoms with Gasteiger partial charge in [0.25, 0.3) is 5.56 Å². The highest BCUT2D eigenvalue weighted by Gasteiger charge is 2.38. The number of fused-ring (bicyclic) bond motifs is 1. The number of aryl methyl sites for hydroxylation is 1. The molecule has 2 saturated carbocycles. The Hall–Kier alpha value is -2.16. The Morgan fingerprint density at radius 2 is 1.93 bits per heavy atom. The fourth-order valence-electron chi connectivity index (χ4n) is 4.40. The zero-order chi connectivity index (χ0) is 19.5. The van der Waals surface area contributed by atoms with Gasteiger partial charge in [0.15, 0.2) is 5.65 Å². The highest BCUT2D eigenvalue weighted by molar-refractivity contribution is 7.09. The zero-order valence-corrected chi connectivity index (χ0v) is 16.3. The molecule has 2 aliphatic carbocycles. The Morgan fingerprint density at radius 3 is 2.57 bits per heavy atom. The van der Waals surface area contributed by atoms with Crippen LogP contribution in [-0.4, -0.2) is 30.7 Å². The average Bonchev–Trinajstić information content (AvgIpc) is 3.21. The fraction of sp³-hybridized carbons (Fsp3) is 0.579. The molecule has 3 aromatic heterocycles. The molecule has 3 heterocycles. The van der Waals surface area contributed by atoms with Crippen LogP contribution in [0.2, 0.25) is 0 Å².